The monoisotopic (exact) mass is 326 g/mol. The number of aryl methyl sites for hydroxylation is 1. The summed E-state index contributed by atoms with van der Waals surface area (Å²) in [5.41, 5.74) is 2.16. The fraction of sp³-hybridized carbons (Fsp3) is 0.368. The van der Waals surface area contributed by atoms with Gasteiger partial charge in [0.05, 0.1) is 18.8 Å². The number of aromatic nitrogens is 1. The Bertz CT molecular complexity index is 628. The molecule has 5 heteroatoms. The summed E-state index contributed by atoms with van der Waals surface area (Å²) in [7, 11) is 0. The van der Waals surface area contributed by atoms with E-state index in [0.29, 0.717) is 13.2 Å². The van der Waals surface area contributed by atoms with Crippen molar-refractivity contribution in [3.63, 3.8) is 0 Å². The lowest BCUT2D eigenvalue weighted by atomic mass is 10.2. The Hall–Kier alpha value is -2.56. The Balaban J connectivity index is 1.74. The van der Waals surface area contributed by atoms with Gasteiger partial charge in [0, 0.05) is 19.3 Å². The second-order valence-electron chi connectivity index (χ2n) is 5.40. The van der Waals surface area contributed by atoms with Crippen LogP contribution < -0.4 is 15.4 Å². The van der Waals surface area contributed by atoms with E-state index in [0.717, 1.165) is 42.5 Å². The lowest BCUT2D eigenvalue weighted by Gasteiger charge is -2.12. The fourth-order valence-electron chi connectivity index (χ4n) is 2.17. The van der Waals surface area contributed by atoms with Crippen LogP contribution in [0.3, 0.4) is 0 Å². The number of benzene rings is 1. The van der Waals surface area contributed by atoms with E-state index < -0.39 is 0 Å². The standard InChI is InChI=1S/C19H26N4O/c1-3-20-19(23-15-18-16(2)9-7-12-21-18)22-13-8-14-24-17-10-5-4-6-11-17/h4-7,9-12H,3,8,13-15H2,1-2H3,(H2,20,22,23). The van der Waals surface area contributed by atoms with Crippen LogP contribution in [0.4, 0.5) is 0 Å². The average Bonchev–Trinajstić information content (AvgIpc) is 2.61. The first-order chi connectivity index (χ1) is 11.8. The topological polar surface area (TPSA) is 58.5 Å². The highest BCUT2D eigenvalue weighted by molar-refractivity contribution is 5.79. The zero-order valence-electron chi connectivity index (χ0n) is 14.5. The van der Waals surface area contributed by atoms with E-state index in [-0.39, 0.29) is 0 Å². The van der Waals surface area contributed by atoms with E-state index in [1.54, 1.807) is 6.20 Å². The molecule has 0 amide bonds. The number of nitrogens with one attached hydrogen (secondary N) is 2. The Kier molecular flexibility index (Phi) is 7.60. The third kappa shape index (κ3) is 6.28. The van der Waals surface area contributed by atoms with Crippen LogP contribution in [0.1, 0.15) is 24.6 Å². The van der Waals surface area contributed by atoms with E-state index in [1.807, 2.05) is 36.4 Å². The molecule has 0 aliphatic heterocycles. The van der Waals surface area contributed by atoms with Gasteiger partial charge in [0.1, 0.15) is 5.75 Å². The molecule has 2 N–H and O–H groups in total. The molecule has 1 aromatic carbocycles. The number of ether oxygens (including phenoxy) is 1. The zero-order valence-corrected chi connectivity index (χ0v) is 14.5. The molecule has 0 radical (unpaired) electrons. The van der Waals surface area contributed by atoms with Crippen molar-refractivity contribution < 1.29 is 4.74 Å². The van der Waals surface area contributed by atoms with Crippen LogP contribution in [0.5, 0.6) is 5.75 Å². The molecule has 0 fully saturated rings. The van der Waals surface area contributed by atoms with Crippen molar-refractivity contribution in [2.24, 2.45) is 4.99 Å². The van der Waals surface area contributed by atoms with Gasteiger partial charge in [0.15, 0.2) is 5.96 Å². The maximum atomic E-state index is 5.68. The van der Waals surface area contributed by atoms with E-state index in [1.165, 1.54) is 0 Å². The van der Waals surface area contributed by atoms with Crippen molar-refractivity contribution in [3.05, 3.63) is 59.9 Å². The van der Waals surface area contributed by atoms with E-state index in [2.05, 4.69) is 40.5 Å². The Labute approximate surface area is 144 Å². The molecule has 0 spiro atoms. The van der Waals surface area contributed by atoms with Crippen LogP contribution in [0.25, 0.3) is 0 Å². The molecule has 0 aliphatic carbocycles. The average molecular weight is 326 g/mol. The van der Waals surface area contributed by atoms with E-state index in [4.69, 9.17) is 4.74 Å². The predicted molar refractivity (Wildman–Crippen MR) is 98.3 cm³/mol. The smallest absolute Gasteiger partial charge is 0.191 e. The molecule has 128 valence electrons. The highest BCUT2D eigenvalue weighted by atomic mass is 16.5. The first kappa shape index (κ1) is 17.8. The minimum Gasteiger partial charge on any atom is -0.494 e. The SMILES string of the molecule is CCNC(=NCc1ncccc1C)NCCCOc1ccccc1. The molecule has 1 aromatic heterocycles. The molecule has 5 nitrogen and oxygen atoms in total. The maximum absolute atomic E-state index is 5.68. The third-order valence-electron chi connectivity index (χ3n) is 3.47. The van der Waals surface area contributed by atoms with Crippen molar-refractivity contribution in [1.29, 1.82) is 0 Å². The summed E-state index contributed by atoms with van der Waals surface area (Å²) in [5.74, 6) is 1.71. The lowest BCUT2D eigenvalue weighted by molar-refractivity contribution is 0.311. The Morgan fingerprint density at radius 1 is 1.12 bits per heavy atom. The lowest BCUT2D eigenvalue weighted by Crippen LogP contribution is -2.38. The molecular formula is C19H26N4O. The van der Waals surface area contributed by atoms with Gasteiger partial charge in [-0.3, -0.25) is 4.98 Å². The summed E-state index contributed by atoms with van der Waals surface area (Å²) in [4.78, 5) is 8.96. The summed E-state index contributed by atoms with van der Waals surface area (Å²) in [6.07, 6.45) is 2.71. The fourth-order valence-corrected chi connectivity index (χ4v) is 2.17. The van der Waals surface area contributed by atoms with E-state index in [9.17, 15) is 0 Å². The summed E-state index contributed by atoms with van der Waals surface area (Å²) >= 11 is 0. The molecule has 24 heavy (non-hydrogen) atoms. The maximum Gasteiger partial charge on any atom is 0.191 e. The van der Waals surface area contributed by atoms with Crippen LogP contribution in [0.15, 0.2) is 53.7 Å². The molecule has 0 bridgehead atoms. The van der Waals surface area contributed by atoms with Gasteiger partial charge in [-0.15, -0.1) is 0 Å². The molecule has 1 heterocycles. The highest BCUT2D eigenvalue weighted by Gasteiger charge is 2.00. The van der Waals surface area contributed by atoms with Crippen molar-refractivity contribution in [2.75, 3.05) is 19.7 Å². The summed E-state index contributed by atoms with van der Waals surface area (Å²) in [5, 5.41) is 6.58. The Morgan fingerprint density at radius 3 is 2.71 bits per heavy atom. The summed E-state index contributed by atoms with van der Waals surface area (Å²) in [6.45, 7) is 6.99. The number of aliphatic imine (C=N–C) groups is 1. The number of guanidine groups is 1. The second-order valence-corrected chi connectivity index (χ2v) is 5.40. The van der Waals surface area contributed by atoms with Gasteiger partial charge in [0.25, 0.3) is 0 Å². The summed E-state index contributed by atoms with van der Waals surface area (Å²) in [6, 6.07) is 13.9. The van der Waals surface area contributed by atoms with Crippen LogP contribution in [0.2, 0.25) is 0 Å². The molecule has 2 rings (SSSR count). The molecule has 0 saturated heterocycles. The van der Waals surface area contributed by atoms with Crippen molar-refractivity contribution in [3.8, 4) is 5.75 Å². The number of rotatable bonds is 8. The van der Waals surface area contributed by atoms with Gasteiger partial charge in [-0.25, -0.2) is 4.99 Å². The van der Waals surface area contributed by atoms with Crippen molar-refractivity contribution in [1.82, 2.24) is 15.6 Å². The van der Waals surface area contributed by atoms with Gasteiger partial charge in [-0.2, -0.15) is 0 Å². The number of pyridine rings is 1. The number of para-hydroxylation sites is 1. The quantitative estimate of drug-likeness (QED) is 0.445. The van der Waals surface area contributed by atoms with Crippen LogP contribution in [-0.4, -0.2) is 30.6 Å². The number of hydrogen-bond donors (Lipinski definition) is 2. The van der Waals surface area contributed by atoms with Crippen LogP contribution in [-0.2, 0) is 6.54 Å². The van der Waals surface area contributed by atoms with Crippen LogP contribution >= 0.6 is 0 Å². The second kappa shape index (κ2) is 10.3. The minimum absolute atomic E-state index is 0.572. The van der Waals surface area contributed by atoms with E-state index >= 15 is 0 Å². The Morgan fingerprint density at radius 2 is 1.96 bits per heavy atom. The molecule has 0 saturated carbocycles. The molecule has 0 unspecified atom stereocenters. The normalized spacial score (nSPS) is 11.2. The van der Waals surface area contributed by atoms with Crippen LogP contribution in [0, 0.1) is 6.92 Å². The molecule has 2 aromatic rings. The molecular weight excluding hydrogens is 300 g/mol. The number of hydrogen-bond acceptors (Lipinski definition) is 3. The van der Waals surface area contributed by atoms with Gasteiger partial charge in [-0.05, 0) is 44.0 Å². The molecule has 0 aliphatic rings. The minimum atomic E-state index is 0.572. The van der Waals surface area contributed by atoms with Gasteiger partial charge >= 0.3 is 0 Å². The van der Waals surface area contributed by atoms with Gasteiger partial charge < -0.3 is 15.4 Å². The van der Waals surface area contributed by atoms with Gasteiger partial charge in [0.2, 0.25) is 0 Å². The van der Waals surface area contributed by atoms with Crippen molar-refractivity contribution >= 4 is 5.96 Å². The first-order valence-electron chi connectivity index (χ1n) is 8.40. The highest BCUT2D eigenvalue weighted by Crippen LogP contribution is 2.08. The predicted octanol–water partition coefficient (Wildman–Crippen LogP) is 2.91. The summed E-state index contributed by atoms with van der Waals surface area (Å²) < 4.78 is 5.68. The largest absolute Gasteiger partial charge is 0.494 e. The number of nitrogens with zero attached hydrogens (tertiary/aromatic N) is 2. The van der Waals surface area contributed by atoms with Gasteiger partial charge in [-0.1, -0.05) is 24.3 Å². The molecule has 0 atom stereocenters. The van der Waals surface area contributed by atoms with Crippen molar-refractivity contribution in [2.45, 2.75) is 26.8 Å². The third-order valence-corrected chi connectivity index (χ3v) is 3.47. The zero-order chi connectivity index (χ0) is 17.0. The first-order valence-corrected chi connectivity index (χ1v) is 8.40.